The highest BCUT2D eigenvalue weighted by Crippen LogP contribution is 2.32. The predicted molar refractivity (Wildman–Crippen MR) is 137 cm³/mol. The largest absolute Gasteiger partial charge is 0.497 e. The first-order valence-corrected chi connectivity index (χ1v) is 11.6. The minimum Gasteiger partial charge on any atom is -0.497 e. The van der Waals surface area contributed by atoms with Crippen LogP contribution in [-0.4, -0.2) is 19.7 Å². The lowest BCUT2D eigenvalue weighted by Crippen LogP contribution is -2.11. The fraction of sp³-hybridized carbons (Fsp3) is 0.138. The van der Waals surface area contributed by atoms with Crippen LogP contribution in [0, 0.1) is 0 Å². The van der Waals surface area contributed by atoms with Crippen molar-refractivity contribution in [3.8, 4) is 28.4 Å². The summed E-state index contributed by atoms with van der Waals surface area (Å²) in [7, 11) is 1.57. The van der Waals surface area contributed by atoms with Crippen LogP contribution in [0.5, 0.6) is 17.2 Å². The summed E-state index contributed by atoms with van der Waals surface area (Å²) in [6.45, 7) is 2.26. The van der Waals surface area contributed by atoms with Gasteiger partial charge in [-0.1, -0.05) is 24.3 Å². The summed E-state index contributed by atoms with van der Waals surface area (Å²) in [6, 6.07) is 19.9. The number of hydrogen-bond donors (Lipinski definition) is 0. The van der Waals surface area contributed by atoms with Crippen molar-refractivity contribution < 1.29 is 27.8 Å². The lowest BCUT2D eigenvalue weighted by atomic mass is 10.0. The second-order valence-corrected chi connectivity index (χ2v) is 8.19. The number of esters is 1. The van der Waals surface area contributed by atoms with Crippen molar-refractivity contribution in [1.82, 2.24) is 0 Å². The van der Waals surface area contributed by atoms with Gasteiger partial charge in [0.1, 0.15) is 17.1 Å². The molecule has 0 aliphatic carbocycles. The molecule has 8 heteroatoms. The molecule has 0 unspecified atom stereocenters. The first-order valence-electron chi connectivity index (χ1n) is 11.6. The topological polar surface area (TPSA) is 105 Å². The normalized spacial score (nSPS) is 11.0. The second-order valence-electron chi connectivity index (χ2n) is 8.19. The quantitative estimate of drug-likeness (QED) is 0.173. The fourth-order valence-corrected chi connectivity index (χ4v) is 4.08. The van der Waals surface area contributed by atoms with E-state index in [4.69, 9.17) is 23.0 Å². The van der Waals surface area contributed by atoms with Gasteiger partial charge in [0.05, 0.1) is 25.7 Å². The van der Waals surface area contributed by atoms with Crippen LogP contribution >= 0.6 is 0 Å². The van der Waals surface area contributed by atoms with Crippen molar-refractivity contribution in [2.45, 2.75) is 13.3 Å². The number of hydrogen-bond acceptors (Lipinski definition) is 8. The van der Waals surface area contributed by atoms with E-state index in [0.29, 0.717) is 40.0 Å². The van der Waals surface area contributed by atoms with Crippen molar-refractivity contribution in [3.63, 3.8) is 0 Å². The number of ether oxygens (including phenoxy) is 3. The maximum absolute atomic E-state index is 12.9. The number of rotatable bonds is 7. The molecule has 2 aromatic heterocycles. The summed E-state index contributed by atoms with van der Waals surface area (Å²) in [5, 5.41) is 1.13. The molecule has 0 fully saturated rings. The van der Waals surface area contributed by atoms with Crippen molar-refractivity contribution >= 4 is 27.9 Å². The van der Waals surface area contributed by atoms with Gasteiger partial charge in [-0.15, -0.1) is 0 Å². The Balaban J connectivity index is 1.48. The van der Waals surface area contributed by atoms with Gasteiger partial charge in [-0.05, 0) is 48.9 Å². The van der Waals surface area contributed by atoms with Gasteiger partial charge in [-0.3, -0.25) is 4.79 Å². The average Bonchev–Trinajstić information content (AvgIpc) is 2.88. The van der Waals surface area contributed by atoms with Gasteiger partial charge in [0.15, 0.2) is 11.3 Å². The Kier molecular flexibility index (Phi) is 6.47. The number of methoxy groups -OCH3 is 1. The molecule has 0 bridgehead atoms. The van der Waals surface area contributed by atoms with Gasteiger partial charge in [0.2, 0.25) is 0 Å². The summed E-state index contributed by atoms with van der Waals surface area (Å²) < 4.78 is 27.1. The summed E-state index contributed by atoms with van der Waals surface area (Å²) >= 11 is 0. The molecule has 0 aliphatic heterocycles. The lowest BCUT2D eigenvalue weighted by Gasteiger charge is -2.10. The molecule has 37 heavy (non-hydrogen) atoms. The Labute approximate surface area is 210 Å². The van der Waals surface area contributed by atoms with Crippen LogP contribution < -0.4 is 25.5 Å². The maximum Gasteiger partial charge on any atom is 0.344 e. The highest BCUT2D eigenvalue weighted by molar-refractivity contribution is 5.96. The molecule has 8 nitrogen and oxygen atoms in total. The monoisotopic (exact) mass is 498 g/mol. The number of para-hydroxylation sites is 1. The molecule has 0 saturated carbocycles. The van der Waals surface area contributed by atoms with Crippen molar-refractivity contribution in [2.24, 2.45) is 0 Å². The van der Waals surface area contributed by atoms with Crippen LogP contribution in [0.2, 0.25) is 0 Å². The maximum atomic E-state index is 12.9. The van der Waals surface area contributed by atoms with Crippen molar-refractivity contribution in [2.75, 3.05) is 13.7 Å². The van der Waals surface area contributed by atoms with Crippen molar-refractivity contribution in [3.05, 3.63) is 99.2 Å². The highest BCUT2D eigenvalue weighted by atomic mass is 16.5. The zero-order chi connectivity index (χ0) is 25.9. The Bertz CT molecular complexity index is 1730. The Morgan fingerprint density at radius 2 is 1.65 bits per heavy atom. The molecule has 0 amide bonds. The first-order chi connectivity index (χ1) is 17.9. The predicted octanol–water partition coefficient (Wildman–Crippen LogP) is 5.12. The third-order valence-corrected chi connectivity index (χ3v) is 5.77. The molecular formula is C29H22O8. The Morgan fingerprint density at radius 1 is 0.865 bits per heavy atom. The molecule has 0 spiro atoms. The van der Waals surface area contributed by atoms with Crippen LogP contribution in [0.15, 0.2) is 91.2 Å². The molecule has 0 atom stereocenters. The van der Waals surface area contributed by atoms with Gasteiger partial charge in [-0.2, -0.15) is 0 Å². The molecule has 5 aromatic rings. The molecule has 0 radical (unpaired) electrons. The van der Waals surface area contributed by atoms with Crippen LogP contribution in [0.4, 0.5) is 0 Å². The number of carbonyl (C=O) groups excluding carboxylic acids is 1. The molecule has 3 aromatic carbocycles. The van der Waals surface area contributed by atoms with Crippen molar-refractivity contribution in [1.29, 1.82) is 0 Å². The van der Waals surface area contributed by atoms with Crippen LogP contribution in [0.1, 0.15) is 12.5 Å². The molecule has 2 heterocycles. The SMILES string of the molecule is CCOc1cccc2cc(-c3cc(=O)oc4cc(OC(=O)Cc5ccc(OC)cc5)ccc34)c(=O)oc12. The van der Waals surface area contributed by atoms with Crippen LogP contribution in [0.3, 0.4) is 0 Å². The Morgan fingerprint density at radius 3 is 2.41 bits per heavy atom. The van der Waals surface area contributed by atoms with E-state index < -0.39 is 17.2 Å². The minimum atomic E-state index is -0.660. The number of carbonyl (C=O) groups is 1. The first kappa shape index (κ1) is 23.9. The number of fused-ring (bicyclic) bond motifs is 2. The summed E-state index contributed by atoms with van der Waals surface area (Å²) in [4.78, 5) is 37.8. The molecular weight excluding hydrogens is 476 g/mol. The van der Waals surface area contributed by atoms with E-state index in [1.807, 2.05) is 6.92 Å². The van der Waals surface area contributed by atoms with Crippen LogP contribution in [-0.2, 0) is 11.2 Å². The third-order valence-electron chi connectivity index (χ3n) is 5.77. The zero-order valence-electron chi connectivity index (χ0n) is 20.1. The standard InChI is InChI=1S/C29H22O8/c1-3-34-24-6-4-5-18-14-23(29(32)37-28(18)24)22-16-27(31)36-25-15-20(11-12-21(22)25)35-26(30)13-17-7-9-19(33-2)10-8-17/h4-12,14-16H,3,13H2,1-2H3. The molecule has 5 rings (SSSR count). The second kappa shape index (κ2) is 10.0. The molecule has 186 valence electrons. The van der Waals surface area contributed by atoms with Gasteiger partial charge in [0, 0.05) is 28.5 Å². The van der Waals surface area contributed by atoms with E-state index in [0.717, 1.165) is 5.56 Å². The van der Waals surface area contributed by atoms with Crippen LogP contribution in [0.25, 0.3) is 33.1 Å². The van der Waals surface area contributed by atoms with E-state index in [-0.39, 0.29) is 23.3 Å². The minimum absolute atomic E-state index is 0.0495. The van der Waals surface area contributed by atoms with Gasteiger partial charge in [0.25, 0.3) is 0 Å². The van der Waals surface area contributed by atoms with E-state index in [1.165, 1.54) is 12.1 Å². The third kappa shape index (κ3) is 4.95. The van der Waals surface area contributed by atoms with E-state index in [1.54, 1.807) is 67.8 Å². The van der Waals surface area contributed by atoms with E-state index in [9.17, 15) is 14.4 Å². The van der Waals surface area contributed by atoms with E-state index in [2.05, 4.69) is 0 Å². The lowest BCUT2D eigenvalue weighted by molar-refractivity contribution is -0.133. The van der Waals surface area contributed by atoms with Gasteiger partial charge >= 0.3 is 17.2 Å². The smallest absolute Gasteiger partial charge is 0.344 e. The highest BCUT2D eigenvalue weighted by Gasteiger charge is 2.17. The number of benzene rings is 3. The summed E-state index contributed by atoms with van der Waals surface area (Å²) in [5.74, 6) is 0.872. The molecule has 0 aliphatic rings. The zero-order valence-corrected chi connectivity index (χ0v) is 20.1. The molecule has 0 N–H and O–H groups in total. The Hall–Kier alpha value is -4.85. The average molecular weight is 498 g/mol. The van der Waals surface area contributed by atoms with E-state index >= 15 is 0 Å². The summed E-state index contributed by atoms with van der Waals surface area (Å²) in [6.07, 6.45) is 0.0495. The fourth-order valence-electron chi connectivity index (χ4n) is 4.08. The summed E-state index contributed by atoms with van der Waals surface area (Å²) in [5.41, 5.74) is 0.517. The van der Waals surface area contributed by atoms with Gasteiger partial charge < -0.3 is 23.0 Å². The van der Waals surface area contributed by atoms with Gasteiger partial charge in [-0.25, -0.2) is 9.59 Å². The molecule has 0 saturated heterocycles.